The summed E-state index contributed by atoms with van der Waals surface area (Å²) in [5, 5.41) is 0.923. The minimum atomic E-state index is -3.46. The first kappa shape index (κ1) is 18.8. The predicted octanol–water partition coefficient (Wildman–Crippen LogP) is 3.18. The summed E-state index contributed by atoms with van der Waals surface area (Å²) in [6.07, 6.45) is 1.75. The second-order valence-corrected chi connectivity index (χ2v) is 11.0. The molecule has 4 rings (SSSR count). The van der Waals surface area contributed by atoms with Crippen LogP contribution >= 0.6 is 27.3 Å². The van der Waals surface area contributed by atoms with Crippen molar-refractivity contribution in [3.8, 4) is 0 Å². The number of sulfonamides is 1. The highest BCUT2D eigenvalue weighted by molar-refractivity contribution is 9.11. The van der Waals surface area contributed by atoms with E-state index in [9.17, 15) is 13.2 Å². The van der Waals surface area contributed by atoms with E-state index in [2.05, 4.69) is 20.9 Å². The van der Waals surface area contributed by atoms with Crippen LogP contribution < -0.4 is 0 Å². The monoisotopic (exact) mass is 467 g/mol. The van der Waals surface area contributed by atoms with Crippen molar-refractivity contribution in [2.24, 2.45) is 0 Å². The predicted molar refractivity (Wildman–Crippen MR) is 110 cm³/mol. The highest BCUT2D eigenvalue weighted by atomic mass is 79.9. The third kappa shape index (κ3) is 3.74. The number of piperazine rings is 1. The van der Waals surface area contributed by atoms with Crippen molar-refractivity contribution in [2.45, 2.75) is 4.21 Å². The van der Waals surface area contributed by atoms with Gasteiger partial charge >= 0.3 is 0 Å². The van der Waals surface area contributed by atoms with Crippen LogP contribution in [0.15, 0.2) is 50.6 Å². The fourth-order valence-electron chi connectivity index (χ4n) is 3.28. The first-order chi connectivity index (χ1) is 12.9. The third-order valence-corrected chi connectivity index (χ3v) is 8.72. The molecule has 0 saturated carbocycles. The normalized spacial score (nSPS) is 16.8. The van der Waals surface area contributed by atoms with Crippen molar-refractivity contribution in [2.75, 3.05) is 32.7 Å². The lowest BCUT2D eigenvalue weighted by Crippen LogP contribution is -2.49. The van der Waals surface area contributed by atoms with E-state index in [1.165, 1.54) is 15.6 Å². The summed E-state index contributed by atoms with van der Waals surface area (Å²) >= 11 is 4.52. The molecule has 0 aliphatic carbocycles. The molecule has 0 spiro atoms. The zero-order valence-corrected chi connectivity index (χ0v) is 17.6. The highest BCUT2D eigenvalue weighted by Crippen LogP contribution is 2.29. The fraction of sp³-hybridized carbons (Fsp3) is 0.278. The number of halogens is 1. The maximum absolute atomic E-state index is 12.7. The number of para-hydroxylation sites is 1. The smallest absolute Gasteiger partial charge is 0.252 e. The van der Waals surface area contributed by atoms with Crippen LogP contribution in [-0.2, 0) is 10.0 Å². The van der Waals surface area contributed by atoms with Gasteiger partial charge in [0, 0.05) is 48.8 Å². The Morgan fingerprint density at radius 3 is 2.56 bits per heavy atom. The van der Waals surface area contributed by atoms with Gasteiger partial charge in [-0.15, -0.1) is 11.3 Å². The number of aromatic nitrogens is 1. The zero-order valence-electron chi connectivity index (χ0n) is 14.4. The summed E-state index contributed by atoms with van der Waals surface area (Å²) in [4.78, 5) is 17.8. The van der Waals surface area contributed by atoms with Gasteiger partial charge in [0.2, 0.25) is 0 Å². The molecule has 0 radical (unpaired) electrons. The molecule has 6 nitrogen and oxygen atoms in total. The van der Waals surface area contributed by atoms with Crippen LogP contribution in [0.4, 0.5) is 0 Å². The van der Waals surface area contributed by atoms with Gasteiger partial charge in [-0.2, -0.15) is 4.31 Å². The molecule has 3 aromatic rings. The minimum Gasteiger partial charge on any atom is -0.360 e. The number of Topliss-reactive ketones (excluding diaryl/α,β-unsaturated/α-hetero) is 1. The van der Waals surface area contributed by atoms with Crippen LogP contribution in [0.2, 0.25) is 0 Å². The maximum Gasteiger partial charge on any atom is 0.252 e. The summed E-state index contributed by atoms with van der Waals surface area (Å²) in [6.45, 7) is 2.15. The van der Waals surface area contributed by atoms with E-state index in [4.69, 9.17) is 0 Å². The molecule has 1 N–H and O–H groups in total. The quantitative estimate of drug-likeness (QED) is 0.584. The van der Waals surface area contributed by atoms with Gasteiger partial charge in [0.15, 0.2) is 5.78 Å². The van der Waals surface area contributed by atoms with Gasteiger partial charge in [-0.25, -0.2) is 8.42 Å². The number of H-pyrrole nitrogens is 1. The minimum absolute atomic E-state index is 0.0472. The molecule has 1 aliphatic heterocycles. The molecule has 9 heteroatoms. The van der Waals surface area contributed by atoms with E-state index < -0.39 is 10.0 Å². The van der Waals surface area contributed by atoms with Crippen LogP contribution in [-0.4, -0.2) is 61.1 Å². The molecule has 0 amide bonds. The molecule has 142 valence electrons. The van der Waals surface area contributed by atoms with Crippen molar-refractivity contribution in [3.05, 3.63) is 51.9 Å². The first-order valence-electron chi connectivity index (χ1n) is 8.52. The van der Waals surface area contributed by atoms with Crippen molar-refractivity contribution < 1.29 is 13.2 Å². The molecule has 27 heavy (non-hydrogen) atoms. The van der Waals surface area contributed by atoms with Crippen LogP contribution in [0.1, 0.15) is 10.4 Å². The summed E-state index contributed by atoms with van der Waals surface area (Å²) in [5.74, 6) is 0.0472. The van der Waals surface area contributed by atoms with Gasteiger partial charge in [-0.3, -0.25) is 9.69 Å². The van der Waals surface area contributed by atoms with Gasteiger partial charge in [0.05, 0.1) is 10.3 Å². The molecule has 3 heterocycles. The second kappa shape index (κ2) is 7.48. The molecule has 0 atom stereocenters. The Balaban J connectivity index is 1.40. The number of hydrogen-bond donors (Lipinski definition) is 1. The van der Waals surface area contributed by atoms with Crippen molar-refractivity contribution >= 4 is 54.0 Å². The van der Waals surface area contributed by atoms with E-state index >= 15 is 0 Å². The average molecular weight is 468 g/mol. The third-order valence-electron chi connectivity index (χ3n) is 4.73. The summed E-state index contributed by atoms with van der Waals surface area (Å²) in [5.41, 5.74) is 1.63. The van der Waals surface area contributed by atoms with E-state index in [1.54, 1.807) is 18.3 Å². The summed E-state index contributed by atoms with van der Waals surface area (Å²) < 4.78 is 28.0. The average Bonchev–Trinajstić information content (AvgIpc) is 3.29. The maximum atomic E-state index is 12.7. The van der Waals surface area contributed by atoms with Gasteiger partial charge in [-0.1, -0.05) is 18.2 Å². The topological polar surface area (TPSA) is 73.5 Å². The number of ketones is 1. The van der Waals surface area contributed by atoms with Gasteiger partial charge in [0.1, 0.15) is 4.21 Å². The Labute approximate surface area is 170 Å². The molecular weight excluding hydrogens is 450 g/mol. The van der Waals surface area contributed by atoms with Crippen LogP contribution in [0, 0.1) is 0 Å². The molecule has 1 aromatic carbocycles. The standard InChI is InChI=1S/C18H18BrN3O3S2/c19-17-5-6-18(26-17)27(24,25)22-9-7-21(8-10-22)12-16(23)14-11-20-15-4-2-1-3-13(14)15/h1-6,11,20H,7-10,12H2. The number of aromatic amines is 1. The largest absolute Gasteiger partial charge is 0.360 e. The summed E-state index contributed by atoms with van der Waals surface area (Å²) in [6, 6.07) is 11.1. The molecular formula is C18H18BrN3O3S2. The molecule has 1 saturated heterocycles. The number of rotatable bonds is 5. The number of nitrogens with one attached hydrogen (secondary N) is 1. The lowest BCUT2D eigenvalue weighted by atomic mass is 10.1. The fourth-order valence-corrected chi connectivity index (χ4v) is 6.87. The molecule has 1 aliphatic rings. The number of benzene rings is 1. The Bertz CT molecular complexity index is 1080. The van der Waals surface area contributed by atoms with Gasteiger partial charge in [-0.05, 0) is 34.1 Å². The molecule has 2 aromatic heterocycles. The van der Waals surface area contributed by atoms with Crippen LogP contribution in [0.25, 0.3) is 10.9 Å². The van der Waals surface area contributed by atoms with Gasteiger partial charge in [0.25, 0.3) is 10.0 Å². The van der Waals surface area contributed by atoms with Crippen molar-refractivity contribution in [3.63, 3.8) is 0 Å². The van der Waals surface area contributed by atoms with E-state index in [0.717, 1.165) is 14.7 Å². The Morgan fingerprint density at radius 2 is 1.85 bits per heavy atom. The number of fused-ring (bicyclic) bond motifs is 1. The Morgan fingerprint density at radius 1 is 1.11 bits per heavy atom. The van der Waals surface area contributed by atoms with Gasteiger partial charge < -0.3 is 4.98 Å². The Kier molecular flexibility index (Phi) is 5.21. The lowest BCUT2D eigenvalue weighted by molar-refractivity contribution is 0.0903. The highest BCUT2D eigenvalue weighted by Gasteiger charge is 2.30. The van der Waals surface area contributed by atoms with Crippen LogP contribution in [0.3, 0.4) is 0 Å². The van der Waals surface area contributed by atoms with E-state index in [-0.39, 0.29) is 5.78 Å². The molecule has 0 bridgehead atoms. The number of thiophene rings is 1. The number of hydrogen-bond acceptors (Lipinski definition) is 5. The Hall–Kier alpha value is -1.52. The number of nitrogens with zero attached hydrogens (tertiary/aromatic N) is 2. The lowest BCUT2D eigenvalue weighted by Gasteiger charge is -2.33. The molecule has 0 unspecified atom stereocenters. The van der Waals surface area contributed by atoms with Crippen LogP contribution in [0.5, 0.6) is 0 Å². The SMILES string of the molecule is O=C(CN1CCN(S(=O)(=O)c2ccc(Br)s2)CC1)c1c[nH]c2ccccc12. The van der Waals surface area contributed by atoms with E-state index in [0.29, 0.717) is 42.5 Å². The second-order valence-electron chi connectivity index (χ2n) is 6.41. The molecule has 1 fully saturated rings. The number of carbonyl (C=O) groups is 1. The zero-order chi connectivity index (χ0) is 19.0. The van der Waals surface area contributed by atoms with E-state index in [1.807, 2.05) is 29.2 Å². The first-order valence-corrected chi connectivity index (χ1v) is 11.6. The van der Waals surface area contributed by atoms with Crippen molar-refractivity contribution in [1.29, 1.82) is 0 Å². The number of carbonyl (C=O) groups excluding carboxylic acids is 1. The summed E-state index contributed by atoms with van der Waals surface area (Å²) in [7, 11) is -3.46. The van der Waals surface area contributed by atoms with Crippen molar-refractivity contribution in [1.82, 2.24) is 14.2 Å².